The van der Waals surface area contributed by atoms with Crippen molar-refractivity contribution in [1.29, 1.82) is 0 Å². The highest BCUT2D eigenvalue weighted by Gasteiger charge is 2.28. The molecule has 1 fully saturated rings. The molecule has 12 heavy (non-hydrogen) atoms. The van der Waals surface area contributed by atoms with Crippen molar-refractivity contribution in [2.45, 2.75) is 31.7 Å². The molecule has 0 radical (unpaired) electrons. The highest BCUT2D eigenvalue weighted by atomic mass is 16.7. The molecule has 2 unspecified atom stereocenters. The van der Waals surface area contributed by atoms with Crippen molar-refractivity contribution in [3.05, 3.63) is 24.3 Å². The number of allylic oxidation sites excluding steroid dienone is 1. The molecule has 0 N–H and O–H groups in total. The van der Waals surface area contributed by atoms with Gasteiger partial charge in [0.05, 0.1) is 12.7 Å². The van der Waals surface area contributed by atoms with Gasteiger partial charge in [-0.05, 0) is 24.8 Å². The van der Waals surface area contributed by atoms with Crippen LogP contribution in [0.4, 0.5) is 0 Å². The van der Waals surface area contributed by atoms with E-state index in [-0.39, 0.29) is 6.29 Å². The van der Waals surface area contributed by atoms with Gasteiger partial charge in [-0.1, -0.05) is 12.2 Å². The molecule has 2 aliphatic heterocycles. The van der Waals surface area contributed by atoms with E-state index in [9.17, 15) is 0 Å². The van der Waals surface area contributed by atoms with Crippen molar-refractivity contribution in [3.63, 3.8) is 0 Å². The lowest BCUT2D eigenvalue weighted by Gasteiger charge is -2.34. The van der Waals surface area contributed by atoms with Gasteiger partial charge in [-0.2, -0.15) is 0 Å². The summed E-state index contributed by atoms with van der Waals surface area (Å²) in [6, 6.07) is 0. The molecule has 66 valence electrons. The van der Waals surface area contributed by atoms with E-state index in [0.717, 1.165) is 25.9 Å². The maximum absolute atomic E-state index is 5.65. The largest absolute Gasteiger partial charge is 0.349 e. The molecular formula is C10H14O2. The Morgan fingerprint density at radius 1 is 1.67 bits per heavy atom. The highest BCUT2D eigenvalue weighted by molar-refractivity contribution is 5.13. The fourth-order valence-electron chi connectivity index (χ4n) is 1.68. The van der Waals surface area contributed by atoms with Crippen molar-refractivity contribution in [3.8, 4) is 0 Å². The van der Waals surface area contributed by atoms with Crippen molar-refractivity contribution < 1.29 is 9.47 Å². The molecule has 0 spiro atoms. The predicted octanol–water partition coefficient (Wildman–Crippen LogP) is 2.02. The Kier molecular flexibility index (Phi) is 2.28. The van der Waals surface area contributed by atoms with Gasteiger partial charge in [-0.15, -0.1) is 6.58 Å². The van der Waals surface area contributed by atoms with Gasteiger partial charge in [0.2, 0.25) is 0 Å². The van der Waals surface area contributed by atoms with Crippen LogP contribution < -0.4 is 0 Å². The lowest BCUT2D eigenvalue weighted by Crippen LogP contribution is -2.36. The van der Waals surface area contributed by atoms with Gasteiger partial charge >= 0.3 is 0 Å². The van der Waals surface area contributed by atoms with Crippen LogP contribution in [-0.4, -0.2) is 19.0 Å². The van der Waals surface area contributed by atoms with E-state index in [1.807, 2.05) is 6.08 Å². The zero-order chi connectivity index (χ0) is 8.39. The summed E-state index contributed by atoms with van der Waals surface area (Å²) in [4.78, 5) is 0. The molecule has 2 heteroatoms. The Bertz CT molecular complexity index is 208. The van der Waals surface area contributed by atoms with Crippen LogP contribution in [0.15, 0.2) is 24.3 Å². The van der Waals surface area contributed by atoms with Crippen LogP contribution >= 0.6 is 0 Å². The Morgan fingerprint density at radius 2 is 2.58 bits per heavy atom. The van der Waals surface area contributed by atoms with E-state index in [4.69, 9.17) is 9.47 Å². The second-order valence-corrected chi connectivity index (χ2v) is 3.26. The van der Waals surface area contributed by atoms with Gasteiger partial charge < -0.3 is 9.47 Å². The van der Waals surface area contributed by atoms with Crippen LogP contribution in [0.2, 0.25) is 0 Å². The fourth-order valence-corrected chi connectivity index (χ4v) is 1.68. The SMILES string of the molecule is C=CCC1=CCC2CCOC1O2. The third-order valence-electron chi connectivity index (χ3n) is 2.35. The Hall–Kier alpha value is -0.600. The monoisotopic (exact) mass is 166 g/mol. The van der Waals surface area contributed by atoms with Crippen LogP contribution in [0.3, 0.4) is 0 Å². The molecule has 0 aromatic carbocycles. The number of rotatable bonds is 2. The van der Waals surface area contributed by atoms with E-state index in [0.29, 0.717) is 6.10 Å². The molecule has 0 amide bonds. The molecule has 2 rings (SSSR count). The highest BCUT2D eigenvalue weighted by Crippen LogP contribution is 2.28. The molecule has 1 saturated heterocycles. The van der Waals surface area contributed by atoms with Crippen LogP contribution in [0.1, 0.15) is 19.3 Å². The molecule has 0 aromatic heterocycles. The third-order valence-corrected chi connectivity index (χ3v) is 2.35. The second kappa shape index (κ2) is 3.42. The van der Waals surface area contributed by atoms with Crippen LogP contribution in [0.5, 0.6) is 0 Å². The quantitative estimate of drug-likeness (QED) is 0.584. The molecule has 0 aromatic rings. The number of ether oxygens (including phenoxy) is 2. The first kappa shape index (κ1) is 8.02. The molecule has 2 aliphatic rings. The smallest absolute Gasteiger partial charge is 0.180 e. The summed E-state index contributed by atoms with van der Waals surface area (Å²) in [6.07, 6.45) is 7.43. The minimum atomic E-state index is -0.0736. The minimum absolute atomic E-state index is 0.0736. The number of hydrogen-bond donors (Lipinski definition) is 0. The molecule has 2 heterocycles. The summed E-state index contributed by atoms with van der Waals surface area (Å²) >= 11 is 0. The Balaban J connectivity index is 2.08. The summed E-state index contributed by atoms with van der Waals surface area (Å²) in [5.41, 5.74) is 1.24. The van der Waals surface area contributed by atoms with E-state index in [2.05, 4.69) is 12.7 Å². The molecular weight excluding hydrogens is 152 g/mol. The standard InChI is InChI=1S/C10H14O2/c1-2-3-8-4-5-9-6-7-11-10(8)12-9/h2,4,9-10H,1,3,5-7H2. The van der Waals surface area contributed by atoms with E-state index >= 15 is 0 Å². The minimum Gasteiger partial charge on any atom is -0.349 e. The lowest BCUT2D eigenvalue weighted by molar-refractivity contribution is -0.198. The van der Waals surface area contributed by atoms with Crippen LogP contribution in [0, 0.1) is 0 Å². The lowest BCUT2D eigenvalue weighted by atomic mass is 10.0. The summed E-state index contributed by atoms with van der Waals surface area (Å²) in [6.45, 7) is 4.55. The summed E-state index contributed by atoms with van der Waals surface area (Å²) in [5.74, 6) is 0. The van der Waals surface area contributed by atoms with Gasteiger partial charge in [0.1, 0.15) is 0 Å². The average Bonchev–Trinajstić information content (AvgIpc) is 2.11. The summed E-state index contributed by atoms with van der Waals surface area (Å²) in [5, 5.41) is 0. The van der Waals surface area contributed by atoms with Crippen LogP contribution in [-0.2, 0) is 9.47 Å². The zero-order valence-corrected chi connectivity index (χ0v) is 7.16. The zero-order valence-electron chi connectivity index (χ0n) is 7.16. The Morgan fingerprint density at radius 3 is 3.42 bits per heavy atom. The van der Waals surface area contributed by atoms with Crippen molar-refractivity contribution in [2.24, 2.45) is 0 Å². The molecule has 2 atom stereocenters. The molecule has 0 saturated carbocycles. The first-order valence-electron chi connectivity index (χ1n) is 4.47. The summed E-state index contributed by atoms with van der Waals surface area (Å²) < 4.78 is 11.1. The van der Waals surface area contributed by atoms with Gasteiger partial charge in [0, 0.05) is 0 Å². The van der Waals surface area contributed by atoms with Crippen molar-refractivity contribution in [2.75, 3.05) is 6.61 Å². The normalized spacial score (nSPS) is 34.2. The average molecular weight is 166 g/mol. The van der Waals surface area contributed by atoms with E-state index in [1.54, 1.807) is 0 Å². The first-order valence-corrected chi connectivity index (χ1v) is 4.47. The van der Waals surface area contributed by atoms with Crippen molar-refractivity contribution in [1.82, 2.24) is 0 Å². The topological polar surface area (TPSA) is 18.5 Å². The van der Waals surface area contributed by atoms with Crippen molar-refractivity contribution >= 4 is 0 Å². The van der Waals surface area contributed by atoms with Gasteiger partial charge in [-0.3, -0.25) is 0 Å². The van der Waals surface area contributed by atoms with Gasteiger partial charge in [-0.25, -0.2) is 0 Å². The van der Waals surface area contributed by atoms with E-state index in [1.165, 1.54) is 5.57 Å². The molecule has 0 aliphatic carbocycles. The predicted molar refractivity (Wildman–Crippen MR) is 46.7 cm³/mol. The summed E-state index contributed by atoms with van der Waals surface area (Å²) in [7, 11) is 0. The second-order valence-electron chi connectivity index (χ2n) is 3.26. The maximum Gasteiger partial charge on any atom is 0.180 e. The maximum atomic E-state index is 5.65. The fraction of sp³-hybridized carbons (Fsp3) is 0.600. The molecule has 2 nitrogen and oxygen atoms in total. The number of hydrogen-bond acceptors (Lipinski definition) is 2. The van der Waals surface area contributed by atoms with E-state index < -0.39 is 0 Å². The van der Waals surface area contributed by atoms with Gasteiger partial charge in [0.25, 0.3) is 0 Å². The molecule has 2 bridgehead atoms. The first-order chi connectivity index (χ1) is 5.90. The third kappa shape index (κ3) is 1.45. The Labute approximate surface area is 72.9 Å². The van der Waals surface area contributed by atoms with Gasteiger partial charge in [0.15, 0.2) is 6.29 Å². The number of fused-ring (bicyclic) bond motifs is 2. The van der Waals surface area contributed by atoms with Crippen LogP contribution in [0.25, 0.3) is 0 Å².